The number of ketones is 1. The van der Waals surface area contributed by atoms with Crippen LogP contribution in [0.25, 0.3) is 16.3 Å². The maximum Gasteiger partial charge on any atom is 0.348 e. The van der Waals surface area contributed by atoms with E-state index in [1.54, 1.807) is 31.2 Å². The number of methoxy groups -OCH3 is 1. The van der Waals surface area contributed by atoms with Crippen LogP contribution in [0.3, 0.4) is 0 Å². The molecule has 0 amide bonds. The molecule has 3 aromatic rings. The molecule has 27 heavy (non-hydrogen) atoms. The molecule has 8 heteroatoms. The van der Waals surface area contributed by atoms with Crippen molar-refractivity contribution in [1.29, 1.82) is 0 Å². The molecular weight excluding hydrogens is 368 g/mol. The Balaban J connectivity index is 1.86. The predicted octanol–water partition coefficient (Wildman–Crippen LogP) is 4.20. The van der Waals surface area contributed by atoms with Gasteiger partial charge in [-0.15, -0.1) is 11.3 Å². The van der Waals surface area contributed by atoms with Gasteiger partial charge in [0.2, 0.25) is 0 Å². The van der Waals surface area contributed by atoms with E-state index in [1.165, 1.54) is 42.9 Å². The number of pyridine rings is 1. The van der Waals surface area contributed by atoms with Crippen LogP contribution in [0.4, 0.5) is 5.69 Å². The van der Waals surface area contributed by atoms with Crippen LogP contribution >= 0.6 is 11.3 Å². The lowest BCUT2D eigenvalue weighted by Gasteiger charge is -1.98. The van der Waals surface area contributed by atoms with Crippen molar-refractivity contribution in [3.05, 3.63) is 74.3 Å². The van der Waals surface area contributed by atoms with Crippen molar-refractivity contribution in [3.8, 4) is 0 Å². The summed E-state index contributed by atoms with van der Waals surface area (Å²) < 4.78 is 4.76. The number of nitro groups is 1. The third-order valence-corrected chi connectivity index (χ3v) is 5.18. The number of aryl methyl sites for hydroxylation is 1. The molecule has 0 atom stereocenters. The molecule has 0 N–H and O–H groups in total. The van der Waals surface area contributed by atoms with E-state index in [2.05, 4.69) is 4.98 Å². The fraction of sp³-hybridized carbons (Fsp3) is 0.105. The van der Waals surface area contributed by atoms with Crippen LogP contribution in [0.5, 0.6) is 0 Å². The number of hydrogen-bond donors (Lipinski definition) is 0. The summed E-state index contributed by atoms with van der Waals surface area (Å²) in [6.07, 6.45) is 4.42. The average Bonchev–Trinajstić information content (AvgIpc) is 3.02. The van der Waals surface area contributed by atoms with Crippen molar-refractivity contribution < 1.29 is 19.2 Å². The summed E-state index contributed by atoms with van der Waals surface area (Å²) in [5.74, 6) is -0.686. The van der Waals surface area contributed by atoms with Gasteiger partial charge in [-0.3, -0.25) is 14.9 Å². The predicted molar refractivity (Wildman–Crippen MR) is 102 cm³/mol. The molecule has 0 saturated heterocycles. The number of thiophene rings is 1. The van der Waals surface area contributed by atoms with Gasteiger partial charge in [0.05, 0.1) is 12.0 Å². The van der Waals surface area contributed by atoms with Crippen molar-refractivity contribution in [2.75, 3.05) is 7.11 Å². The number of carbonyl (C=O) groups excluding carboxylic acids is 2. The maximum absolute atomic E-state index is 12.4. The Bertz CT molecular complexity index is 1080. The van der Waals surface area contributed by atoms with Gasteiger partial charge in [0.25, 0.3) is 5.69 Å². The molecule has 2 aromatic heterocycles. The number of hydrogen-bond acceptors (Lipinski definition) is 7. The maximum atomic E-state index is 12.4. The number of allylic oxidation sites excluding steroid dienone is 1. The Kier molecular flexibility index (Phi) is 5.09. The van der Waals surface area contributed by atoms with Gasteiger partial charge in [-0.05, 0) is 42.3 Å². The molecule has 1 aromatic carbocycles. The number of carbonyl (C=O) groups is 2. The zero-order valence-electron chi connectivity index (χ0n) is 14.5. The first-order valence-corrected chi connectivity index (χ1v) is 8.66. The molecule has 3 rings (SSSR count). The van der Waals surface area contributed by atoms with E-state index in [0.717, 1.165) is 10.9 Å². The summed E-state index contributed by atoms with van der Waals surface area (Å²) in [4.78, 5) is 39.8. The Morgan fingerprint density at radius 2 is 1.96 bits per heavy atom. The van der Waals surface area contributed by atoms with Crippen molar-refractivity contribution in [2.45, 2.75) is 6.92 Å². The zero-order chi connectivity index (χ0) is 19.6. The van der Waals surface area contributed by atoms with E-state index >= 15 is 0 Å². The van der Waals surface area contributed by atoms with Crippen molar-refractivity contribution >= 4 is 45.1 Å². The van der Waals surface area contributed by atoms with Crippen molar-refractivity contribution in [3.63, 3.8) is 0 Å². The van der Waals surface area contributed by atoms with E-state index in [0.29, 0.717) is 20.8 Å². The van der Waals surface area contributed by atoms with Gasteiger partial charge in [0, 0.05) is 29.3 Å². The van der Waals surface area contributed by atoms with Gasteiger partial charge in [-0.1, -0.05) is 6.08 Å². The first kappa shape index (κ1) is 18.4. The minimum atomic E-state index is -0.481. The molecule has 0 aliphatic carbocycles. The lowest BCUT2D eigenvalue weighted by molar-refractivity contribution is -0.384. The summed E-state index contributed by atoms with van der Waals surface area (Å²) in [5, 5.41) is 11.4. The van der Waals surface area contributed by atoms with E-state index in [1.807, 2.05) is 0 Å². The topological polar surface area (TPSA) is 99.4 Å². The lowest BCUT2D eigenvalue weighted by atomic mass is 10.1. The monoisotopic (exact) mass is 382 g/mol. The lowest BCUT2D eigenvalue weighted by Crippen LogP contribution is -1.99. The second-order valence-corrected chi connectivity index (χ2v) is 6.67. The molecule has 0 aliphatic heterocycles. The number of esters is 1. The number of aromatic nitrogens is 1. The van der Waals surface area contributed by atoms with Crippen LogP contribution in [-0.4, -0.2) is 28.8 Å². The van der Waals surface area contributed by atoms with Gasteiger partial charge in [-0.25, -0.2) is 9.78 Å². The molecule has 0 unspecified atom stereocenters. The van der Waals surface area contributed by atoms with Crippen LogP contribution in [0.1, 0.15) is 31.2 Å². The van der Waals surface area contributed by atoms with Crippen LogP contribution in [0.15, 0.2) is 42.6 Å². The molecule has 0 spiro atoms. The Morgan fingerprint density at radius 1 is 1.26 bits per heavy atom. The van der Waals surface area contributed by atoms with Crippen molar-refractivity contribution in [1.82, 2.24) is 4.98 Å². The summed E-state index contributed by atoms with van der Waals surface area (Å²) in [5.41, 5.74) is 1.77. The van der Waals surface area contributed by atoms with Crippen LogP contribution in [0, 0.1) is 17.0 Å². The zero-order valence-corrected chi connectivity index (χ0v) is 15.3. The smallest absolute Gasteiger partial charge is 0.348 e. The summed E-state index contributed by atoms with van der Waals surface area (Å²) >= 11 is 1.22. The fourth-order valence-corrected chi connectivity index (χ4v) is 3.55. The van der Waals surface area contributed by atoms with Crippen LogP contribution < -0.4 is 0 Å². The quantitative estimate of drug-likeness (QED) is 0.216. The largest absolute Gasteiger partial charge is 0.465 e. The van der Waals surface area contributed by atoms with Gasteiger partial charge in [0.15, 0.2) is 5.78 Å². The second kappa shape index (κ2) is 7.46. The highest BCUT2D eigenvalue weighted by Gasteiger charge is 2.17. The van der Waals surface area contributed by atoms with Crippen LogP contribution in [0.2, 0.25) is 0 Å². The molecule has 0 bridgehead atoms. The van der Waals surface area contributed by atoms with Crippen LogP contribution in [-0.2, 0) is 4.74 Å². The van der Waals surface area contributed by atoms with Gasteiger partial charge < -0.3 is 4.74 Å². The number of nitrogens with zero attached hydrogens (tertiary/aromatic N) is 2. The Hall–Kier alpha value is -3.39. The van der Waals surface area contributed by atoms with Gasteiger partial charge >= 0.3 is 5.97 Å². The summed E-state index contributed by atoms with van der Waals surface area (Å²) in [6, 6.07) is 7.58. The number of non-ortho nitro benzene ring substituents is 1. The number of benzene rings is 1. The Morgan fingerprint density at radius 3 is 2.59 bits per heavy atom. The van der Waals surface area contributed by atoms with Gasteiger partial charge in [-0.2, -0.15) is 0 Å². The molecule has 136 valence electrons. The van der Waals surface area contributed by atoms with E-state index in [9.17, 15) is 19.7 Å². The van der Waals surface area contributed by atoms with E-state index < -0.39 is 10.9 Å². The Labute approximate surface area is 158 Å². The molecular formula is C19H14N2O5S. The van der Waals surface area contributed by atoms with E-state index in [-0.39, 0.29) is 11.5 Å². The van der Waals surface area contributed by atoms with Crippen molar-refractivity contribution in [2.24, 2.45) is 0 Å². The average molecular weight is 382 g/mol. The number of nitro benzene ring substituents is 1. The number of ether oxygens (including phenoxy) is 1. The first-order valence-electron chi connectivity index (χ1n) is 7.85. The van der Waals surface area contributed by atoms with Gasteiger partial charge in [0.1, 0.15) is 9.71 Å². The minimum Gasteiger partial charge on any atom is -0.465 e. The van der Waals surface area contributed by atoms with E-state index in [4.69, 9.17) is 4.74 Å². The standard InChI is InChI=1S/C19H14N2O5S/c1-11-15-9-13(10-20-18(15)27-17(11)19(23)26-2)16(22)8-5-12-3-6-14(7-4-12)21(24)25/h3-10H,1-2H3. The highest BCUT2D eigenvalue weighted by molar-refractivity contribution is 7.20. The fourth-order valence-electron chi connectivity index (χ4n) is 2.50. The highest BCUT2D eigenvalue weighted by atomic mass is 32.1. The second-order valence-electron chi connectivity index (χ2n) is 5.67. The summed E-state index contributed by atoms with van der Waals surface area (Å²) in [6.45, 7) is 1.79. The third-order valence-electron chi connectivity index (χ3n) is 3.98. The molecule has 0 aliphatic rings. The molecule has 0 saturated carbocycles. The number of fused-ring (bicyclic) bond motifs is 1. The minimum absolute atomic E-state index is 0.0116. The molecule has 0 radical (unpaired) electrons. The third kappa shape index (κ3) is 3.75. The molecule has 2 heterocycles. The summed E-state index contributed by atoms with van der Waals surface area (Å²) in [7, 11) is 1.32. The molecule has 0 fully saturated rings. The normalized spacial score (nSPS) is 11.0. The molecule has 7 nitrogen and oxygen atoms in total. The first-order chi connectivity index (χ1) is 12.9. The number of rotatable bonds is 5. The SMILES string of the molecule is COC(=O)c1sc2ncc(C(=O)C=Cc3ccc([N+](=O)[O-])cc3)cc2c1C. The highest BCUT2D eigenvalue weighted by Crippen LogP contribution is 2.30.